The Labute approximate surface area is 192 Å². The highest BCUT2D eigenvalue weighted by atomic mass is 35.5. The van der Waals surface area contributed by atoms with Crippen molar-refractivity contribution in [3.8, 4) is 5.75 Å². The zero-order valence-electron chi connectivity index (χ0n) is 17.8. The summed E-state index contributed by atoms with van der Waals surface area (Å²) in [5.41, 5.74) is 1.74. The molecule has 0 spiro atoms. The number of nitrogens with one attached hydrogen (secondary N) is 2. The highest BCUT2D eigenvalue weighted by Crippen LogP contribution is 2.21. The molecule has 0 saturated heterocycles. The average molecular weight is 475 g/mol. The largest absolute Gasteiger partial charge is 0.481 e. The Morgan fingerprint density at radius 2 is 1.72 bits per heavy atom. The van der Waals surface area contributed by atoms with Gasteiger partial charge in [0.25, 0.3) is 15.9 Å². The second-order valence-electron chi connectivity index (χ2n) is 7.07. The molecule has 3 aromatic rings. The Bertz CT molecular complexity index is 1200. The molecule has 2 N–H and O–H groups in total. The van der Waals surface area contributed by atoms with Gasteiger partial charge in [0.15, 0.2) is 6.10 Å². The average Bonchev–Trinajstić information content (AvgIpc) is 2.71. The van der Waals surface area contributed by atoms with Crippen LogP contribution in [0.25, 0.3) is 0 Å². The molecule has 168 valence electrons. The van der Waals surface area contributed by atoms with Crippen LogP contribution in [0.15, 0.2) is 59.5 Å². The fraction of sp³-hybridized carbons (Fsp3) is 0.227. The molecule has 0 radical (unpaired) electrons. The van der Waals surface area contributed by atoms with E-state index in [-0.39, 0.29) is 16.8 Å². The lowest BCUT2D eigenvalue weighted by molar-refractivity contribution is -0.122. The zero-order chi connectivity index (χ0) is 23.3. The Balaban J connectivity index is 1.68. The second kappa shape index (κ2) is 9.97. The third kappa shape index (κ3) is 6.18. The minimum Gasteiger partial charge on any atom is -0.481 e. The molecule has 3 rings (SSSR count). The van der Waals surface area contributed by atoms with Gasteiger partial charge in [0.05, 0.1) is 4.90 Å². The molecule has 0 aliphatic carbocycles. The summed E-state index contributed by atoms with van der Waals surface area (Å²) >= 11 is 5.96. The minimum absolute atomic E-state index is 0.00355. The minimum atomic E-state index is -3.88. The van der Waals surface area contributed by atoms with Gasteiger partial charge in [-0.2, -0.15) is 0 Å². The van der Waals surface area contributed by atoms with E-state index in [2.05, 4.69) is 20.0 Å². The first-order valence-corrected chi connectivity index (χ1v) is 11.7. The zero-order valence-corrected chi connectivity index (χ0v) is 19.4. The summed E-state index contributed by atoms with van der Waals surface area (Å²) < 4.78 is 33.4. The number of anilines is 2. The van der Waals surface area contributed by atoms with E-state index in [1.807, 2.05) is 6.92 Å². The summed E-state index contributed by atoms with van der Waals surface area (Å²) in [5.74, 6) is 0.134. The van der Waals surface area contributed by atoms with Gasteiger partial charge in [0.2, 0.25) is 5.95 Å². The van der Waals surface area contributed by atoms with E-state index in [1.165, 1.54) is 24.3 Å². The lowest BCUT2D eigenvalue weighted by atomic mass is 10.2. The molecule has 0 aliphatic rings. The number of sulfonamides is 1. The van der Waals surface area contributed by atoms with Crippen LogP contribution in [-0.2, 0) is 14.8 Å². The maximum Gasteiger partial charge on any atom is 0.265 e. The van der Waals surface area contributed by atoms with Crippen LogP contribution in [-0.4, -0.2) is 30.4 Å². The molecule has 0 saturated carbocycles. The molecule has 0 aliphatic heterocycles. The van der Waals surface area contributed by atoms with E-state index in [1.54, 1.807) is 44.2 Å². The molecule has 0 bridgehead atoms. The van der Waals surface area contributed by atoms with Crippen LogP contribution in [0.1, 0.15) is 24.7 Å². The predicted octanol–water partition coefficient (Wildman–Crippen LogP) is 4.34. The topological polar surface area (TPSA) is 110 Å². The standard InChI is InChI=1S/C22H23ClN4O4S/c1-4-20(31-18-7-5-6-16(23)13-18)21(28)26-17-8-10-19(11-9-17)32(29,30)27-22-24-14(2)12-15(3)25-22/h5-13,20H,4H2,1-3H3,(H,26,28)(H,24,25,27)/t20-/m1/s1. The van der Waals surface area contributed by atoms with E-state index in [0.29, 0.717) is 34.3 Å². The van der Waals surface area contributed by atoms with Crippen LogP contribution >= 0.6 is 11.6 Å². The summed E-state index contributed by atoms with van der Waals surface area (Å²) in [7, 11) is -3.88. The van der Waals surface area contributed by atoms with Gasteiger partial charge in [-0.15, -0.1) is 0 Å². The van der Waals surface area contributed by atoms with Crippen molar-refractivity contribution in [2.75, 3.05) is 10.0 Å². The summed E-state index contributed by atoms with van der Waals surface area (Å²) in [6.07, 6.45) is -0.301. The normalized spacial score (nSPS) is 12.1. The summed E-state index contributed by atoms with van der Waals surface area (Å²) in [6.45, 7) is 5.33. The van der Waals surface area contributed by atoms with Crippen molar-refractivity contribution in [2.45, 2.75) is 38.2 Å². The lowest BCUT2D eigenvalue weighted by Gasteiger charge is -2.17. The smallest absolute Gasteiger partial charge is 0.265 e. The number of aryl methyl sites for hydroxylation is 2. The summed E-state index contributed by atoms with van der Waals surface area (Å²) in [6, 6.07) is 14.3. The van der Waals surface area contributed by atoms with E-state index >= 15 is 0 Å². The van der Waals surface area contributed by atoms with Gasteiger partial charge in [-0.25, -0.2) is 23.1 Å². The van der Waals surface area contributed by atoms with Gasteiger partial charge >= 0.3 is 0 Å². The molecule has 10 heteroatoms. The molecule has 8 nitrogen and oxygen atoms in total. The number of hydrogen-bond acceptors (Lipinski definition) is 6. The first kappa shape index (κ1) is 23.5. The number of rotatable bonds is 8. The first-order valence-electron chi connectivity index (χ1n) is 9.84. The van der Waals surface area contributed by atoms with E-state index in [0.717, 1.165) is 0 Å². The number of carbonyl (C=O) groups is 1. The number of nitrogens with zero attached hydrogens (tertiary/aromatic N) is 2. The van der Waals surface area contributed by atoms with E-state index < -0.39 is 16.1 Å². The molecular formula is C22H23ClN4O4S. The number of aromatic nitrogens is 2. The second-order valence-corrected chi connectivity index (χ2v) is 9.18. The molecule has 0 fully saturated rings. The fourth-order valence-electron chi connectivity index (χ4n) is 2.92. The lowest BCUT2D eigenvalue weighted by Crippen LogP contribution is -2.32. The fourth-order valence-corrected chi connectivity index (χ4v) is 4.04. The van der Waals surface area contributed by atoms with Crippen LogP contribution in [0.5, 0.6) is 5.75 Å². The molecule has 32 heavy (non-hydrogen) atoms. The number of halogens is 1. The van der Waals surface area contributed by atoms with Gasteiger partial charge in [-0.05, 0) is 68.8 Å². The number of ether oxygens (including phenoxy) is 1. The molecule has 1 aromatic heterocycles. The Morgan fingerprint density at radius 3 is 2.31 bits per heavy atom. The predicted molar refractivity (Wildman–Crippen MR) is 124 cm³/mol. The van der Waals surface area contributed by atoms with Crippen molar-refractivity contribution >= 4 is 39.2 Å². The first-order chi connectivity index (χ1) is 15.2. The highest BCUT2D eigenvalue weighted by molar-refractivity contribution is 7.92. The Hall–Kier alpha value is -3.17. The van der Waals surface area contributed by atoms with Crippen molar-refractivity contribution in [3.05, 3.63) is 71.0 Å². The molecule has 0 unspecified atom stereocenters. The Kier molecular flexibility index (Phi) is 7.32. The number of carbonyl (C=O) groups excluding carboxylic acids is 1. The maximum absolute atomic E-state index is 12.6. The number of benzene rings is 2. The Morgan fingerprint density at radius 1 is 1.06 bits per heavy atom. The van der Waals surface area contributed by atoms with Crippen LogP contribution in [0.3, 0.4) is 0 Å². The van der Waals surface area contributed by atoms with Crippen LogP contribution in [0.4, 0.5) is 11.6 Å². The van der Waals surface area contributed by atoms with Gasteiger partial charge in [0, 0.05) is 22.1 Å². The van der Waals surface area contributed by atoms with Crippen LogP contribution in [0, 0.1) is 13.8 Å². The molecule has 1 atom stereocenters. The highest BCUT2D eigenvalue weighted by Gasteiger charge is 2.20. The molecular weight excluding hydrogens is 452 g/mol. The van der Waals surface area contributed by atoms with Gasteiger partial charge in [-0.1, -0.05) is 24.6 Å². The monoisotopic (exact) mass is 474 g/mol. The van der Waals surface area contributed by atoms with Crippen molar-refractivity contribution in [1.82, 2.24) is 9.97 Å². The van der Waals surface area contributed by atoms with Crippen molar-refractivity contribution in [2.24, 2.45) is 0 Å². The summed E-state index contributed by atoms with van der Waals surface area (Å²) in [5, 5.41) is 3.24. The SMILES string of the molecule is CC[C@@H](Oc1cccc(Cl)c1)C(=O)Nc1ccc(S(=O)(=O)Nc2nc(C)cc(C)n2)cc1. The van der Waals surface area contributed by atoms with Gasteiger partial charge in [-0.3, -0.25) is 4.79 Å². The number of amides is 1. The van der Waals surface area contributed by atoms with Crippen molar-refractivity contribution in [3.63, 3.8) is 0 Å². The molecule has 2 aromatic carbocycles. The molecule has 1 amide bonds. The van der Waals surface area contributed by atoms with Gasteiger partial charge < -0.3 is 10.1 Å². The number of hydrogen-bond donors (Lipinski definition) is 2. The van der Waals surface area contributed by atoms with E-state index in [9.17, 15) is 13.2 Å². The third-order valence-corrected chi connectivity index (χ3v) is 5.96. The summed E-state index contributed by atoms with van der Waals surface area (Å²) in [4.78, 5) is 20.8. The van der Waals surface area contributed by atoms with E-state index in [4.69, 9.17) is 16.3 Å². The van der Waals surface area contributed by atoms with Crippen molar-refractivity contribution in [1.29, 1.82) is 0 Å². The maximum atomic E-state index is 12.6. The quantitative estimate of drug-likeness (QED) is 0.502. The molecule has 1 heterocycles. The van der Waals surface area contributed by atoms with Crippen LogP contribution < -0.4 is 14.8 Å². The van der Waals surface area contributed by atoms with Crippen molar-refractivity contribution < 1.29 is 17.9 Å². The van der Waals surface area contributed by atoms with Gasteiger partial charge in [0.1, 0.15) is 5.75 Å². The van der Waals surface area contributed by atoms with Crippen LogP contribution in [0.2, 0.25) is 5.02 Å². The third-order valence-electron chi connectivity index (χ3n) is 4.38.